The summed E-state index contributed by atoms with van der Waals surface area (Å²) in [5.74, 6) is -3.98. The van der Waals surface area contributed by atoms with Crippen molar-refractivity contribution in [2.24, 2.45) is 16.8 Å². The fourth-order valence-electron chi connectivity index (χ4n) is 8.57. The number of rotatable bonds is 9. The van der Waals surface area contributed by atoms with Gasteiger partial charge in [0.25, 0.3) is 0 Å². The lowest BCUT2D eigenvalue weighted by atomic mass is 10.0. The van der Waals surface area contributed by atoms with Gasteiger partial charge in [-0.1, -0.05) is 57.2 Å². The molecule has 2 saturated heterocycles. The van der Waals surface area contributed by atoms with E-state index in [0.29, 0.717) is 29.5 Å². The molecule has 3 heterocycles. The van der Waals surface area contributed by atoms with Crippen LogP contribution in [0.5, 0.6) is 17.2 Å². The number of carbonyl (C=O) groups is 6. The number of fused-ring (bicyclic) bond motifs is 2. The molecule has 6 amide bonds. The molecule has 8 N–H and O–H groups in total. The third-order valence-corrected chi connectivity index (χ3v) is 12.0. The summed E-state index contributed by atoms with van der Waals surface area (Å²) in [4.78, 5) is 93.7. The molecule has 64 heavy (non-hydrogen) atoms. The van der Waals surface area contributed by atoms with Crippen molar-refractivity contribution >= 4 is 41.7 Å². The first-order chi connectivity index (χ1) is 30.6. The van der Waals surface area contributed by atoms with E-state index in [1.54, 1.807) is 50.2 Å². The average Bonchev–Trinajstić information content (AvgIpc) is 3.92. The first-order valence-corrected chi connectivity index (χ1v) is 21.9. The standard InChI is InChI=1S/C47H59N7O10/c1-27(2)41-47(64)54-26-28(3)21-40(54)45(62)49-32(22-29-6-12-33(56)13-7-29)25-48-37(23-30-8-14-34(57)15-9-30)42(59)51-38(24-31-10-16-35(58)17-11-31)43(60)50-36(18-20-55)46(63)53-19-4-5-39(53)44(61)52-41/h6-17,25,27-28,32,36-41,55-58H,4-5,18-24,26H2,1-3H3,(H,49,62)(H,50,60)(H,51,59)(H,52,61)/t28-,32?,36+,37?,38?,39-,40?,41-/m0/s1. The molecule has 3 aliphatic heterocycles. The maximum Gasteiger partial charge on any atom is 0.246 e. The Bertz CT molecular complexity index is 2170. The normalized spacial score (nSPS) is 26.4. The van der Waals surface area contributed by atoms with Gasteiger partial charge < -0.3 is 51.5 Å². The highest BCUT2D eigenvalue weighted by atomic mass is 16.3. The fraction of sp³-hybridized carbons (Fsp3) is 0.468. The topological polar surface area (TPSA) is 250 Å². The molecule has 3 aliphatic rings. The molecule has 2 fully saturated rings. The molecule has 0 bridgehead atoms. The predicted molar refractivity (Wildman–Crippen MR) is 236 cm³/mol. The Balaban J connectivity index is 1.43. The number of hydrogen-bond donors (Lipinski definition) is 8. The Morgan fingerprint density at radius 3 is 1.77 bits per heavy atom. The van der Waals surface area contributed by atoms with Gasteiger partial charge in [-0.15, -0.1) is 0 Å². The number of hydrogen-bond acceptors (Lipinski definition) is 11. The fourth-order valence-corrected chi connectivity index (χ4v) is 8.57. The zero-order chi connectivity index (χ0) is 46.1. The zero-order valence-electron chi connectivity index (χ0n) is 36.4. The van der Waals surface area contributed by atoms with Crippen molar-refractivity contribution in [1.82, 2.24) is 31.1 Å². The van der Waals surface area contributed by atoms with Gasteiger partial charge in [0.1, 0.15) is 53.5 Å². The minimum atomic E-state index is -1.31. The second-order valence-electron chi connectivity index (χ2n) is 17.4. The van der Waals surface area contributed by atoms with Gasteiger partial charge in [0.05, 0.1) is 6.04 Å². The molecule has 3 aromatic rings. The lowest BCUT2D eigenvalue weighted by Crippen LogP contribution is -2.60. The van der Waals surface area contributed by atoms with Crippen molar-refractivity contribution in [3.05, 3.63) is 89.5 Å². The van der Waals surface area contributed by atoms with Gasteiger partial charge in [0, 0.05) is 38.8 Å². The molecule has 0 aliphatic carbocycles. The van der Waals surface area contributed by atoms with E-state index in [1.807, 2.05) is 6.92 Å². The number of phenolic OH excluding ortho intramolecular Hbond substituents is 3. The van der Waals surface area contributed by atoms with Gasteiger partial charge in [0.15, 0.2) is 0 Å². The molecule has 8 atom stereocenters. The molecule has 0 radical (unpaired) electrons. The van der Waals surface area contributed by atoms with E-state index in [2.05, 4.69) is 21.3 Å². The minimum absolute atomic E-state index is 0.00194. The second kappa shape index (κ2) is 21.3. The van der Waals surface area contributed by atoms with E-state index in [1.165, 1.54) is 52.4 Å². The van der Waals surface area contributed by atoms with Crippen molar-refractivity contribution in [3.63, 3.8) is 0 Å². The number of aliphatic hydroxyl groups excluding tert-OH is 1. The molecule has 3 aromatic carbocycles. The van der Waals surface area contributed by atoms with Crippen LogP contribution in [0.1, 0.15) is 63.1 Å². The van der Waals surface area contributed by atoms with E-state index >= 15 is 0 Å². The molecule has 4 unspecified atom stereocenters. The number of amides is 6. The number of aromatic hydroxyl groups is 3. The predicted octanol–water partition coefficient (Wildman–Crippen LogP) is 1.49. The van der Waals surface area contributed by atoms with Crippen molar-refractivity contribution in [2.45, 2.75) is 108 Å². The van der Waals surface area contributed by atoms with Gasteiger partial charge in [0.2, 0.25) is 35.4 Å². The summed E-state index contributed by atoms with van der Waals surface area (Å²) in [6, 6.07) is 11.0. The maximum atomic E-state index is 14.5. The molecule has 342 valence electrons. The number of benzene rings is 3. The quantitative estimate of drug-likeness (QED) is 0.154. The second-order valence-corrected chi connectivity index (χ2v) is 17.4. The monoisotopic (exact) mass is 881 g/mol. The molecule has 0 aromatic heterocycles. The Labute approximate surface area is 372 Å². The van der Waals surface area contributed by atoms with Crippen molar-refractivity contribution < 1.29 is 49.2 Å². The van der Waals surface area contributed by atoms with Crippen LogP contribution in [0.15, 0.2) is 77.8 Å². The molecule has 0 spiro atoms. The summed E-state index contributed by atoms with van der Waals surface area (Å²) in [5.41, 5.74) is 1.89. The van der Waals surface area contributed by atoms with Gasteiger partial charge >= 0.3 is 0 Å². The number of aliphatic hydroxyl groups is 1. The number of nitrogens with one attached hydrogen (secondary N) is 4. The third kappa shape index (κ3) is 11.9. The van der Waals surface area contributed by atoms with Gasteiger partial charge in [-0.2, -0.15) is 0 Å². The van der Waals surface area contributed by atoms with Crippen LogP contribution in [0.25, 0.3) is 0 Å². The molecular formula is C47H59N7O10. The first-order valence-electron chi connectivity index (χ1n) is 21.9. The van der Waals surface area contributed by atoms with Gasteiger partial charge in [-0.05, 0) is 97.0 Å². The third-order valence-electron chi connectivity index (χ3n) is 12.0. The van der Waals surface area contributed by atoms with Crippen LogP contribution in [-0.2, 0) is 48.0 Å². The van der Waals surface area contributed by atoms with Crippen molar-refractivity contribution in [2.75, 3.05) is 19.7 Å². The van der Waals surface area contributed by atoms with E-state index in [0.717, 1.165) is 0 Å². The van der Waals surface area contributed by atoms with Crippen LogP contribution in [0, 0.1) is 11.8 Å². The van der Waals surface area contributed by atoms with Gasteiger partial charge in [-0.3, -0.25) is 33.8 Å². The molecule has 0 saturated carbocycles. The largest absolute Gasteiger partial charge is 0.508 e. The van der Waals surface area contributed by atoms with Crippen LogP contribution >= 0.6 is 0 Å². The van der Waals surface area contributed by atoms with Crippen molar-refractivity contribution in [3.8, 4) is 17.2 Å². The smallest absolute Gasteiger partial charge is 0.246 e. The molecule has 17 nitrogen and oxygen atoms in total. The lowest BCUT2D eigenvalue weighted by molar-refractivity contribution is -0.145. The van der Waals surface area contributed by atoms with E-state index in [4.69, 9.17) is 4.99 Å². The minimum Gasteiger partial charge on any atom is -0.508 e. The number of phenols is 3. The van der Waals surface area contributed by atoms with E-state index in [9.17, 15) is 49.2 Å². The lowest BCUT2D eigenvalue weighted by Gasteiger charge is -2.33. The first kappa shape index (κ1) is 47.0. The van der Waals surface area contributed by atoms with Crippen LogP contribution in [0.4, 0.5) is 0 Å². The summed E-state index contributed by atoms with van der Waals surface area (Å²) in [6.07, 6.45) is 2.42. The van der Waals surface area contributed by atoms with Crippen LogP contribution in [-0.4, -0.2) is 134 Å². The Morgan fingerprint density at radius 1 is 0.641 bits per heavy atom. The summed E-state index contributed by atoms with van der Waals surface area (Å²) >= 11 is 0. The van der Waals surface area contributed by atoms with Crippen LogP contribution < -0.4 is 21.3 Å². The number of nitrogens with zero attached hydrogens (tertiary/aromatic N) is 3. The summed E-state index contributed by atoms with van der Waals surface area (Å²) in [5, 5.41) is 51.6. The van der Waals surface area contributed by atoms with Crippen LogP contribution in [0.2, 0.25) is 0 Å². The Kier molecular flexibility index (Phi) is 15.6. The summed E-state index contributed by atoms with van der Waals surface area (Å²) < 4.78 is 0. The highest BCUT2D eigenvalue weighted by molar-refractivity contribution is 5.98. The Hall–Kier alpha value is -6.49. The highest BCUT2D eigenvalue weighted by Crippen LogP contribution is 2.27. The SMILES string of the molecule is CC(C)[C@@H]1NC(=O)[C@@H]2CCCN2C(=O)[C@@H](CCO)NC(=O)C(Cc2ccc(O)cc2)NC(=O)C(Cc2ccc(O)cc2)N=CC(Cc2ccc(O)cc2)NC(=O)C2C[C@H](C)CN2C1=O. The molecular weight excluding hydrogens is 823 g/mol. The maximum absolute atomic E-state index is 14.5. The summed E-state index contributed by atoms with van der Waals surface area (Å²) in [6.45, 7) is 5.44. The Morgan fingerprint density at radius 2 is 1.19 bits per heavy atom. The number of aliphatic imine (C=N–C) groups is 1. The summed E-state index contributed by atoms with van der Waals surface area (Å²) in [7, 11) is 0. The molecule has 17 heteroatoms. The molecule has 6 rings (SSSR count). The van der Waals surface area contributed by atoms with E-state index in [-0.39, 0.29) is 68.4 Å². The van der Waals surface area contributed by atoms with Gasteiger partial charge in [-0.25, -0.2) is 0 Å². The van der Waals surface area contributed by atoms with E-state index < -0.39 is 90.3 Å². The highest BCUT2D eigenvalue weighted by Gasteiger charge is 2.44. The zero-order valence-corrected chi connectivity index (χ0v) is 36.4. The average molecular weight is 882 g/mol. The number of carbonyl (C=O) groups excluding carboxylic acids is 6. The van der Waals surface area contributed by atoms with Crippen LogP contribution in [0.3, 0.4) is 0 Å². The van der Waals surface area contributed by atoms with Crippen molar-refractivity contribution in [1.29, 1.82) is 0 Å².